The van der Waals surface area contributed by atoms with Crippen molar-refractivity contribution < 1.29 is 4.79 Å². The Hall–Kier alpha value is -2.66. The molecule has 2 heterocycles. The molecular formula is C19H19ClN4O. The van der Waals surface area contributed by atoms with Crippen LogP contribution >= 0.6 is 11.6 Å². The number of pyridine rings is 1. The van der Waals surface area contributed by atoms with E-state index in [1.165, 1.54) is 0 Å². The summed E-state index contributed by atoms with van der Waals surface area (Å²) in [5.74, 6) is -0.203. The molecule has 0 fully saturated rings. The molecule has 1 amide bonds. The molecule has 6 heteroatoms. The van der Waals surface area contributed by atoms with Gasteiger partial charge in [-0.1, -0.05) is 48.0 Å². The molecule has 2 aromatic heterocycles. The highest BCUT2D eigenvalue weighted by Gasteiger charge is 2.20. The highest BCUT2D eigenvalue weighted by Crippen LogP contribution is 2.20. The molecule has 0 unspecified atom stereocenters. The van der Waals surface area contributed by atoms with Gasteiger partial charge in [-0.25, -0.2) is 4.68 Å². The number of benzene rings is 1. The second-order valence-electron chi connectivity index (χ2n) is 5.76. The molecule has 3 rings (SSSR count). The summed E-state index contributed by atoms with van der Waals surface area (Å²) in [6.07, 6.45) is 4.24. The Bertz CT molecular complexity index is 847. The zero-order chi connectivity index (χ0) is 17.6. The van der Waals surface area contributed by atoms with Gasteiger partial charge in [-0.2, -0.15) is 5.10 Å². The molecule has 0 spiro atoms. The summed E-state index contributed by atoms with van der Waals surface area (Å²) in [4.78, 5) is 16.5. The molecule has 0 aliphatic heterocycles. The van der Waals surface area contributed by atoms with Crippen LogP contribution in [0.4, 0.5) is 0 Å². The summed E-state index contributed by atoms with van der Waals surface area (Å²) < 4.78 is 1.66. The standard InChI is InChI=1S/C19H19ClN4O/c1-14-17(19(25)22-11-9-15-8-5-10-21-12-15)18(20)24(23-14)13-16-6-3-2-4-7-16/h2-8,10,12H,9,11,13H2,1H3,(H,22,25). The van der Waals surface area contributed by atoms with Crippen LogP contribution in [0.5, 0.6) is 0 Å². The number of aryl methyl sites for hydroxylation is 1. The number of aromatic nitrogens is 3. The van der Waals surface area contributed by atoms with E-state index in [9.17, 15) is 4.79 Å². The Kier molecular flexibility index (Phi) is 5.46. The monoisotopic (exact) mass is 354 g/mol. The van der Waals surface area contributed by atoms with Crippen molar-refractivity contribution in [1.82, 2.24) is 20.1 Å². The molecule has 3 aromatic rings. The number of rotatable bonds is 6. The van der Waals surface area contributed by atoms with Crippen molar-refractivity contribution in [2.24, 2.45) is 0 Å². The third-order valence-corrected chi connectivity index (χ3v) is 4.27. The first kappa shape index (κ1) is 17.2. The molecular weight excluding hydrogens is 336 g/mol. The number of hydrogen-bond donors (Lipinski definition) is 1. The molecule has 128 valence electrons. The van der Waals surface area contributed by atoms with Crippen molar-refractivity contribution in [3.63, 3.8) is 0 Å². The minimum atomic E-state index is -0.203. The summed E-state index contributed by atoms with van der Waals surface area (Å²) >= 11 is 6.40. The predicted octanol–water partition coefficient (Wildman–Crippen LogP) is 3.26. The third-order valence-electron chi connectivity index (χ3n) is 3.89. The van der Waals surface area contributed by atoms with Crippen LogP contribution < -0.4 is 5.32 Å². The van der Waals surface area contributed by atoms with Crippen LogP contribution in [-0.4, -0.2) is 27.2 Å². The molecule has 0 radical (unpaired) electrons. The maximum absolute atomic E-state index is 12.5. The van der Waals surface area contributed by atoms with Gasteiger partial charge in [-0.3, -0.25) is 9.78 Å². The van der Waals surface area contributed by atoms with Crippen molar-refractivity contribution in [1.29, 1.82) is 0 Å². The molecule has 0 aliphatic carbocycles. The lowest BCUT2D eigenvalue weighted by Crippen LogP contribution is -2.26. The lowest BCUT2D eigenvalue weighted by molar-refractivity contribution is 0.0953. The lowest BCUT2D eigenvalue weighted by atomic mass is 10.2. The molecule has 0 saturated carbocycles. The fourth-order valence-corrected chi connectivity index (χ4v) is 2.95. The van der Waals surface area contributed by atoms with E-state index in [0.29, 0.717) is 35.9 Å². The predicted molar refractivity (Wildman–Crippen MR) is 97.8 cm³/mol. The molecule has 0 bridgehead atoms. The Morgan fingerprint density at radius 1 is 1.16 bits per heavy atom. The number of carbonyl (C=O) groups excluding carboxylic acids is 1. The molecule has 25 heavy (non-hydrogen) atoms. The van der Waals surface area contributed by atoms with Crippen LogP contribution in [0, 0.1) is 6.92 Å². The van der Waals surface area contributed by atoms with Gasteiger partial charge < -0.3 is 5.32 Å². The van der Waals surface area contributed by atoms with E-state index < -0.39 is 0 Å². The number of amides is 1. The van der Waals surface area contributed by atoms with Gasteiger partial charge in [0.15, 0.2) is 0 Å². The first-order valence-corrected chi connectivity index (χ1v) is 8.47. The van der Waals surface area contributed by atoms with Gasteiger partial charge in [-0.05, 0) is 30.5 Å². The molecule has 0 aliphatic rings. The van der Waals surface area contributed by atoms with E-state index in [1.54, 1.807) is 24.0 Å². The topological polar surface area (TPSA) is 59.8 Å². The maximum Gasteiger partial charge on any atom is 0.256 e. The van der Waals surface area contributed by atoms with Crippen LogP contribution in [0.1, 0.15) is 27.2 Å². The highest BCUT2D eigenvalue weighted by molar-refractivity contribution is 6.33. The minimum absolute atomic E-state index is 0.203. The van der Waals surface area contributed by atoms with Gasteiger partial charge in [0.2, 0.25) is 0 Å². The van der Waals surface area contributed by atoms with Crippen molar-refractivity contribution in [2.45, 2.75) is 19.9 Å². The van der Waals surface area contributed by atoms with Crippen LogP contribution in [0.3, 0.4) is 0 Å². The second kappa shape index (κ2) is 7.94. The van der Waals surface area contributed by atoms with Crippen molar-refractivity contribution in [3.8, 4) is 0 Å². The SMILES string of the molecule is Cc1nn(Cc2ccccc2)c(Cl)c1C(=O)NCCc1cccnc1. The van der Waals surface area contributed by atoms with E-state index in [4.69, 9.17) is 11.6 Å². The van der Waals surface area contributed by atoms with Gasteiger partial charge in [-0.15, -0.1) is 0 Å². The van der Waals surface area contributed by atoms with Crippen LogP contribution in [0.25, 0.3) is 0 Å². The minimum Gasteiger partial charge on any atom is -0.352 e. The summed E-state index contributed by atoms with van der Waals surface area (Å²) in [7, 11) is 0. The molecule has 1 aromatic carbocycles. The first-order chi connectivity index (χ1) is 12.1. The van der Waals surface area contributed by atoms with E-state index in [2.05, 4.69) is 15.4 Å². The third kappa shape index (κ3) is 4.25. The molecule has 1 N–H and O–H groups in total. The quantitative estimate of drug-likeness (QED) is 0.739. The summed E-state index contributed by atoms with van der Waals surface area (Å²) in [6.45, 7) is 2.84. The number of halogens is 1. The number of nitrogens with zero attached hydrogens (tertiary/aromatic N) is 3. The molecule has 5 nitrogen and oxygen atoms in total. The first-order valence-electron chi connectivity index (χ1n) is 8.09. The molecule has 0 atom stereocenters. The van der Waals surface area contributed by atoms with Crippen LogP contribution in [0.15, 0.2) is 54.9 Å². The van der Waals surface area contributed by atoms with Gasteiger partial charge in [0.05, 0.1) is 17.8 Å². The van der Waals surface area contributed by atoms with Gasteiger partial charge in [0.1, 0.15) is 5.15 Å². The highest BCUT2D eigenvalue weighted by atomic mass is 35.5. The zero-order valence-corrected chi connectivity index (χ0v) is 14.7. The summed E-state index contributed by atoms with van der Waals surface area (Å²) in [5, 5.41) is 7.67. The van der Waals surface area contributed by atoms with Crippen molar-refractivity contribution in [2.75, 3.05) is 6.54 Å². The van der Waals surface area contributed by atoms with Crippen LogP contribution in [-0.2, 0) is 13.0 Å². The summed E-state index contributed by atoms with van der Waals surface area (Å²) in [6, 6.07) is 13.8. The van der Waals surface area contributed by atoms with Gasteiger partial charge in [0.25, 0.3) is 5.91 Å². The summed E-state index contributed by atoms with van der Waals surface area (Å²) in [5.41, 5.74) is 3.21. The van der Waals surface area contributed by atoms with Gasteiger partial charge in [0, 0.05) is 18.9 Å². The number of nitrogens with one attached hydrogen (secondary N) is 1. The fraction of sp³-hybridized carbons (Fsp3) is 0.211. The average Bonchev–Trinajstić information content (AvgIpc) is 2.90. The second-order valence-corrected chi connectivity index (χ2v) is 6.12. The van der Waals surface area contributed by atoms with Crippen LogP contribution in [0.2, 0.25) is 5.15 Å². The fourth-order valence-electron chi connectivity index (χ4n) is 2.63. The van der Waals surface area contributed by atoms with E-state index in [0.717, 1.165) is 11.1 Å². The number of carbonyl (C=O) groups is 1. The number of hydrogen-bond acceptors (Lipinski definition) is 3. The largest absolute Gasteiger partial charge is 0.352 e. The molecule has 0 saturated heterocycles. The van der Waals surface area contributed by atoms with Crippen molar-refractivity contribution in [3.05, 3.63) is 82.4 Å². The van der Waals surface area contributed by atoms with E-state index >= 15 is 0 Å². The lowest BCUT2D eigenvalue weighted by Gasteiger charge is -2.06. The van der Waals surface area contributed by atoms with Gasteiger partial charge >= 0.3 is 0 Å². The smallest absolute Gasteiger partial charge is 0.256 e. The zero-order valence-electron chi connectivity index (χ0n) is 13.9. The Balaban J connectivity index is 1.66. The average molecular weight is 355 g/mol. The normalized spacial score (nSPS) is 10.6. The van der Waals surface area contributed by atoms with E-state index in [-0.39, 0.29) is 5.91 Å². The Morgan fingerprint density at radius 2 is 1.92 bits per heavy atom. The Labute approximate surface area is 151 Å². The maximum atomic E-state index is 12.5. The van der Waals surface area contributed by atoms with Crippen molar-refractivity contribution >= 4 is 17.5 Å². The van der Waals surface area contributed by atoms with E-state index in [1.807, 2.05) is 42.5 Å². The Morgan fingerprint density at radius 3 is 2.64 bits per heavy atom.